The third-order valence-electron chi connectivity index (χ3n) is 3.11. The van der Waals surface area contributed by atoms with Gasteiger partial charge >= 0.3 is 0 Å². The topological polar surface area (TPSA) is 83.0 Å². The monoisotopic (exact) mass is 360 g/mol. The second-order valence-electron chi connectivity index (χ2n) is 6.05. The van der Waals surface area contributed by atoms with Crippen molar-refractivity contribution in [2.24, 2.45) is 0 Å². The third-order valence-corrected chi connectivity index (χ3v) is 4.07. The Morgan fingerprint density at radius 2 is 1.76 bits per heavy atom. The number of anilines is 3. The van der Waals surface area contributed by atoms with Crippen LogP contribution >= 0.6 is 11.8 Å². The molecule has 0 bridgehead atoms. The highest BCUT2D eigenvalue weighted by atomic mass is 32.2. The Kier molecular flexibility index (Phi) is 6.58. The second-order valence-corrected chi connectivity index (χ2v) is 7.36. The number of nitrogens with zero attached hydrogens (tertiary/aromatic N) is 4. The maximum atomic E-state index is 12.4. The van der Waals surface area contributed by atoms with E-state index in [0.717, 1.165) is 5.69 Å². The number of rotatable bonds is 7. The van der Waals surface area contributed by atoms with Gasteiger partial charge in [-0.3, -0.25) is 4.79 Å². The average molecular weight is 360 g/mol. The van der Waals surface area contributed by atoms with Gasteiger partial charge in [-0.25, -0.2) is 0 Å². The van der Waals surface area contributed by atoms with Crippen molar-refractivity contribution < 1.29 is 4.79 Å². The quantitative estimate of drug-likeness (QED) is 0.735. The van der Waals surface area contributed by atoms with Crippen molar-refractivity contribution in [2.45, 2.75) is 37.2 Å². The second kappa shape index (κ2) is 8.66. The van der Waals surface area contributed by atoms with Crippen LogP contribution in [0, 0.1) is 0 Å². The number of hydrogen-bond acceptors (Lipinski definition) is 7. The molecule has 1 aromatic heterocycles. The molecule has 2 rings (SSSR count). The molecule has 2 aromatic rings. The number of thioether (sulfide) groups is 1. The van der Waals surface area contributed by atoms with Crippen LogP contribution < -0.4 is 15.5 Å². The zero-order valence-corrected chi connectivity index (χ0v) is 16.0. The van der Waals surface area contributed by atoms with Gasteiger partial charge < -0.3 is 15.5 Å². The molecule has 7 nitrogen and oxygen atoms in total. The SMILES string of the molecule is CC(C)Nc1nc(S[C@H](C)C(=O)Nc2ccccc2)nc(N(C)C)n1. The molecule has 0 aliphatic carbocycles. The summed E-state index contributed by atoms with van der Waals surface area (Å²) in [6.45, 7) is 5.86. The lowest BCUT2D eigenvalue weighted by molar-refractivity contribution is -0.115. The van der Waals surface area contributed by atoms with Crippen molar-refractivity contribution in [1.29, 1.82) is 0 Å². The van der Waals surface area contributed by atoms with E-state index in [-0.39, 0.29) is 17.2 Å². The smallest absolute Gasteiger partial charge is 0.237 e. The van der Waals surface area contributed by atoms with E-state index in [4.69, 9.17) is 0 Å². The summed E-state index contributed by atoms with van der Waals surface area (Å²) in [6, 6.07) is 9.58. The van der Waals surface area contributed by atoms with Crippen LogP contribution in [0.2, 0.25) is 0 Å². The first kappa shape index (κ1) is 19.0. The highest BCUT2D eigenvalue weighted by Gasteiger charge is 2.18. The molecule has 1 atom stereocenters. The number of amides is 1. The molecule has 1 aromatic carbocycles. The number of benzene rings is 1. The summed E-state index contributed by atoms with van der Waals surface area (Å²) < 4.78 is 0. The molecule has 0 aliphatic heterocycles. The van der Waals surface area contributed by atoms with E-state index in [1.165, 1.54) is 11.8 Å². The molecule has 2 N–H and O–H groups in total. The van der Waals surface area contributed by atoms with E-state index in [2.05, 4.69) is 25.6 Å². The highest BCUT2D eigenvalue weighted by Crippen LogP contribution is 2.23. The largest absolute Gasteiger partial charge is 0.352 e. The van der Waals surface area contributed by atoms with Crippen molar-refractivity contribution in [3.05, 3.63) is 30.3 Å². The van der Waals surface area contributed by atoms with E-state index in [1.807, 2.05) is 70.1 Å². The van der Waals surface area contributed by atoms with Gasteiger partial charge in [0.1, 0.15) is 0 Å². The van der Waals surface area contributed by atoms with Crippen molar-refractivity contribution in [3.63, 3.8) is 0 Å². The Balaban J connectivity index is 2.11. The Bertz CT molecular complexity index is 708. The summed E-state index contributed by atoms with van der Waals surface area (Å²) in [5.74, 6) is 0.963. The van der Waals surface area contributed by atoms with E-state index < -0.39 is 0 Å². The van der Waals surface area contributed by atoms with Crippen molar-refractivity contribution >= 4 is 35.3 Å². The van der Waals surface area contributed by atoms with Crippen molar-refractivity contribution in [3.8, 4) is 0 Å². The van der Waals surface area contributed by atoms with E-state index >= 15 is 0 Å². The Morgan fingerprint density at radius 1 is 1.08 bits per heavy atom. The normalized spacial score (nSPS) is 11.9. The summed E-state index contributed by atoms with van der Waals surface area (Å²) in [7, 11) is 3.74. The molecule has 0 saturated heterocycles. The van der Waals surface area contributed by atoms with Gasteiger partial charge in [0.05, 0.1) is 5.25 Å². The van der Waals surface area contributed by atoms with Gasteiger partial charge in [-0.2, -0.15) is 15.0 Å². The van der Waals surface area contributed by atoms with Crippen LogP contribution in [-0.4, -0.2) is 46.2 Å². The summed E-state index contributed by atoms with van der Waals surface area (Å²) >= 11 is 1.30. The van der Waals surface area contributed by atoms with Crippen molar-refractivity contribution in [2.75, 3.05) is 29.6 Å². The van der Waals surface area contributed by atoms with Gasteiger partial charge in [0.2, 0.25) is 17.8 Å². The maximum Gasteiger partial charge on any atom is 0.237 e. The summed E-state index contributed by atoms with van der Waals surface area (Å²) in [5.41, 5.74) is 0.770. The first-order valence-corrected chi connectivity index (χ1v) is 8.95. The maximum absolute atomic E-state index is 12.4. The van der Waals surface area contributed by atoms with E-state index in [9.17, 15) is 4.79 Å². The Morgan fingerprint density at radius 3 is 2.36 bits per heavy atom. The Hall–Kier alpha value is -2.35. The van der Waals surface area contributed by atoms with Gasteiger partial charge in [-0.15, -0.1) is 0 Å². The lowest BCUT2D eigenvalue weighted by Gasteiger charge is -2.16. The fraction of sp³-hybridized carbons (Fsp3) is 0.412. The molecule has 25 heavy (non-hydrogen) atoms. The van der Waals surface area contributed by atoms with Gasteiger partial charge in [-0.05, 0) is 32.9 Å². The van der Waals surface area contributed by atoms with Crippen LogP contribution in [0.4, 0.5) is 17.6 Å². The molecule has 0 radical (unpaired) electrons. The molecule has 0 aliphatic rings. The number of para-hydroxylation sites is 1. The average Bonchev–Trinajstić information content (AvgIpc) is 2.54. The van der Waals surface area contributed by atoms with Gasteiger partial charge in [0.25, 0.3) is 0 Å². The zero-order valence-electron chi connectivity index (χ0n) is 15.1. The predicted octanol–water partition coefficient (Wildman–Crippen LogP) is 2.88. The van der Waals surface area contributed by atoms with Crippen LogP contribution in [0.25, 0.3) is 0 Å². The summed E-state index contributed by atoms with van der Waals surface area (Å²) in [4.78, 5) is 27.4. The number of carbonyl (C=O) groups is 1. The number of carbonyl (C=O) groups excluding carboxylic acids is 1. The van der Waals surface area contributed by atoms with Gasteiger partial charge in [0.15, 0.2) is 5.16 Å². The molecule has 0 fully saturated rings. The number of aromatic nitrogens is 3. The molecular weight excluding hydrogens is 336 g/mol. The van der Waals surface area contributed by atoms with Crippen LogP contribution in [0.5, 0.6) is 0 Å². The van der Waals surface area contributed by atoms with Crippen LogP contribution in [-0.2, 0) is 4.79 Å². The van der Waals surface area contributed by atoms with Crippen LogP contribution in [0.1, 0.15) is 20.8 Å². The van der Waals surface area contributed by atoms with Gasteiger partial charge in [-0.1, -0.05) is 30.0 Å². The first-order valence-electron chi connectivity index (χ1n) is 8.07. The van der Waals surface area contributed by atoms with E-state index in [0.29, 0.717) is 17.1 Å². The number of nitrogens with one attached hydrogen (secondary N) is 2. The zero-order chi connectivity index (χ0) is 18.4. The summed E-state index contributed by atoms with van der Waals surface area (Å²) in [5, 5.41) is 6.24. The first-order chi connectivity index (χ1) is 11.8. The van der Waals surface area contributed by atoms with Crippen LogP contribution in [0.3, 0.4) is 0 Å². The fourth-order valence-corrected chi connectivity index (χ4v) is 2.65. The molecule has 1 amide bonds. The minimum absolute atomic E-state index is 0.0959. The standard InChI is InChI=1S/C17H24N6OS/c1-11(2)18-15-20-16(23(4)5)22-17(21-15)25-12(3)14(24)19-13-9-7-6-8-10-13/h6-12H,1-5H3,(H,19,24)(H,18,20,21,22)/t12-/m1/s1. The fourth-order valence-electron chi connectivity index (χ4n) is 1.90. The Labute approximate surface area is 152 Å². The van der Waals surface area contributed by atoms with E-state index in [1.54, 1.807) is 0 Å². The molecule has 8 heteroatoms. The predicted molar refractivity (Wildman–Crippen MR) is 103 cm³/mol. The summed E-state index contributed by atoms with van der Waals surface area (Å²) in [6.07, 6.45) is 0. The molecule has 0 unspecified atom stereocenters. The lowest BCUT2D eigenvalue weighted by Crippen LogP contribution is -2.23. The lowest BCUT2D eigenvalue weighted by atomic mass is 10.3. The highest BCUT2D eigenvalue weighted by molar-refractivity contribution is 8.00. The van der Waals surface area contributed by atoms with Gasteiger partial charge in [0, 0.05) is 25.8 Å². The van der Waals surface area contributed by atoms with Crippen molar-refractivity contribution in [1.82, 2.24) is 15.0 Å². The molecule has 1 heterocycles. The number of hydrogen-bond donors (Lipinski definition) is 2. The molecule has 134 valence electrons. The molecular formula is C17H24N6OS. The minimum atomic E-state index is -0.343. The minimum Gasteiger partial charge on any atom is -0.352 e. The molecule has 0 spiro atoms. The molecule has 0 saturated carbocycles. The van der Waals surface area contributed by atoms with Crippen LogP contribution in [0.15, 0.2) is 35.5 Å². The third kappa shape index (κ3) is 5.90.